The van der Waals surface area contributed by atoms with Crippen molar-refractivity contribution >= 4 is 11.9 Å². The lowest BCUT2D eigenvalue weighted by atomic mass is 10.0. The minimum absolute atomic E-state index is 0.990. The molecule has 0 radical (unpaired) electrons. The number of hydrogen-bond donors (Lipinski definition) is 6. The number of hydrogen-bond acceptors (Lipinski definition) is 6. The van der Waals surface area contributed by atoms with Crippen LogP contribution >= 0.6 is 0 Å². The van der Waals surface area contributed by atoms with Gasteiger partial charge in [0.2, 0.25) is 5.72 Å². The zero-order valence-electron chi connectivity index (χ0n) is 6.99. The molecule has 0 unspecified atom stereocenters. The van der Waals surface area contributed by atoms with Gasteiger partial charge in [-0.25, -0.2) is 9.59 Å². The van der Waals surface area contributed by atoms with E-state index in [0.29, 0.717) is 0 Å². The lowest BCUT2D eigenvalue weighted by Gasteiger charge is -2.22. The first-order valence-electron chi connectivity index (χ1n) is 3.52. The maximum absolute atomic E-state index is 10.2. The Bertz CT molecular complexity index is 238. The van der Waals surface area contributed by atoms with Crippen LogP contribution < -0.4 is 5.73 Å². The first kappa shape index (κ1) is 12.8. The van der Waals surface area contributed by atoms with E-state index in [-0.39, 0.29) is 0 Å². The molecular weight excluding hydrogens is 198 g/mol. The Kier molecular flexibility index (Phi) is 3.95. The fourth-order valence-corrected chi connectivity index (χ4v) is 0.682. The summed E-state index contributed by atoms with van der Waals surface area (Å²) in [5, 5.41) is 43.1. The van der Waals surface area contributed by atoms with Gasteiger partial charge in [-0.3, -0.25) is 5.73 Å². The van der Waals surface area contributed by atoms with Crippen LogP contribution in [-0.4, -0.2) is 55.4 Å². The van der Waals surface area contributed by atoms with Crippen molar-refractivity contribution in [2.24, 2.45) is 5.73 Å². The van der Waals surface area contributed by atoms with Gasteiger partial charge in [0.1, 0.15) is 0 Å². The van der Waals surface area contributed by atoms with Crippen LogP contribution in [0.15, 0.2) is 0 Å². The number of aliphatic hydroxyl groups is 3. The van der Waals surface area contributed by atoms with Gasteiger partial charge in [-0.2, -0.15) is 0 Å². The molecule has 0 heterocycles. The molecular formula is C6H11NO7. The molecule has 0 aromatic rings. The smallest absolute Gasteiger partial charge is 0.351 e. The van der Waals surface area contributed by atoms with Gasteiger partial charge >= 0.3 is 11.9 Å². The van der Waals surface area contributed by atoms with Gasteiger partial charge in [-0.15, -0.1) is 0 Å². The predicted molar refractivity (Wildman–Crippen MR) is 41.0 cm³/mol. The molecule has 0 aliphatic heterocycles. The highest BCUT2D eigenvalue weighted by molar-refractivity contribution is 5.77. The number of carbonyl (C=O) groups is 2. The highest BCUT2D eigenvalue weighted by Crippen LogP contribution is 2.09. The Labute approximate surface area is 78.2 Å². The van der Waals surface area contributed by atoms with Crippen molar-refractivity contribution in [2.75, 3.05) is 0 Å². The number of carboxylic acid groups (broad SMARTS) is 2. The molecule has 0 aromatic heterocycles. The summed E-state index contributed by atoms with van der Waals surface area (Å²) in [4.78, 5) is 20.4. The summed E-state index contributed by atoms with van der Waals surface area (Å²) in [6.45, 7) is 0. The monoisotopic (exact) mass is 209 g/mol. The summed E-state index contributed by atoms with van der Waals surface area (Å²) in [6.07, 6.45) is -5.14. The number of carboxylic acids is 2. The maximum atomic E-state index is 10.2. The topological polar surface area (TPSA) is 161 Å². The lowest BCUT2D eigenvalue weighted by molar-refractivity contribution is -0.167. The second-order valence-electron chi connectivity index (χ2n) is 2.78. The predicted octanol–water partition coefficient (Wildman–Crippen LogP) is -3.09. The van der Waals surface area contributed by atoms with Crippen LogP contribution in [0, 0.1) is 0 Å². The fraction of sp³-hybridized carbons (Fsp3) is 0.667. The molecule has 0 saturated carbocycles. The molecule has 14 heavy (non-hydrogen) atoms. The Balaban J connectivity index is 4.39. The van der Waals surface area contributed by atoms with Crippen LogP contribution in [-0.2, 0) is 9.59 Å². The van der Waals surface area contributed by atoms with Gasteiger partial charge in [-0.1, -0.05) is 0 Å². The highest BCUT2D eigenvalue weighted by Gasteiger charge is 2.37. The van der Waals surface area contributed by atoms with Crippen molar-refractivity contribution in [3.05, 3.63) is 0 Å². The number of aliphatic hydroxyl groups excluding tert-OH is 2. The standard InChI is InChI=1S/C6H11NO7/c7-6(14,5(12)13)1-2(8)3(9)4(10)11/h2-3,8-9,14H,1,7H2,(H,10,11)(H,12,13)/t2-,3+,6-/m0/s1. The van der Waals surface area contributed by atoms with Gasteiger partial charge in [0.15, 0.2) is 6.10 Å². The SMILES string of the molecule is N[C@](O)(C[C@H](O)[C@@H](O)C(=O)O)C(=O)O. The van der Waals surface area contributed by atoms with Crippen molar-refractivity contribution in [2.45, 2.75) is 24.4 Å². The summed E-state index contributed by atoms with van der Waals surface area (Å²) in [5.41, 5.74) is 2.02. The van der Waals surface area contributed by atoms with Gasteiger partial charge in [-0.05, 0) is 0 Å². The van der Waals surface area contributed by atoms with Crippen LogP contribution in [0.4, 0.5) is 0 Å². The molecule has 0 spiro atoms. The van der Waals surface area contributed by atoms with Crippen LogP contribution in [0.3, 0.4) is 0 Å². The van der Waals surface area contributed by atoms with Crippen LogP contribution in [0.5, 0.6) is 0 Å². The molecule has 0 rings (SSSR count). The van der Waals surface area contributed by atoms with Crippen molar-refractivity contribution < 1.29 is 35.1 Å². The van der Waals surface area contributed by atoms with E-state index in [0.717, 1.165) is 0 Å². The normalized spacial score (nSPS) is 19.4. The van der Waals surface area contributed by atoms with Crippen molar-refractivity contribution in [3.8, 4) is 0 Å². The van der Waals surface area contributed by atoms with Crippen molar-refractivity contribution in [1.29, 1.82) is 0 Å². The van der Waals surface area contributed by atoms with Gasteiger partial charge in [0.05, 0.1) is 6.10 Å². The van der Waals surface area contributed by atoms with Gasteiger partial charge in [0.25, 0.3) is 0 Å². The quantitative estimate of drug-likeness (QED) is 0.259. The average molecular weight is 209 g/mol. The fourth-order valence-electron chi connectivity index (χ4n) is 0.682. The Morgan fingerprint density at radius 1 is 1.29 bits per heavy atom. The van der Waals surface area contributed by atoms with E-state index < -0.39 is 36.3 Å². The third-order valence-corrected chi connectivity index (χ3v) is 1.51. The summed E-state index contributed by atoms with van der Waals surface area (Å²) < 4.78 is 0. The molecule has 0 bridgehead atoms. The third-order valence-electron chi connectivity index (χ3n) is 1.51. The van der Waals surface area contributed by atoms with E-state index in [9.17, 15) is 9.59 Å². The van der Waals surface area contributed by atoms with E-state index >= 15 is 0 Å². The highest BCUT2D eigenvalue weighted by atomic mass is 16.4. The second-order valence-corrected chi connectivity index (χ2v) is 2.78. The van der Waals surface area contributed by atoms with Gasteiger partial charge in [0, 0.05) is 6.42 Å². The lowest BCUT2D eigenvalue weighted by Crippen LogP contribution is -2.52. The molecule has 0 fully saturated rings. The van der Waals surface area contributed by atoms with Crippen molar-refractivity contribution in [1.82, 2.24) is 0 Å². The molecule has 8 heteroatoms. The first-order valence-corrected chi connectivity index (χ1v) is 3.52. The molecule has 8 nitrogen and oxygen atoms in total. The molecule has 0 amide bonds. The third kappa shape index (κ3) is 3.26. The van der Waals surface area contributed by atoms with E-state index in [1.165, 1.54) is 0 Å². The number of rotatable bonds is 5. The molecule has 3 atom stereocenters. The largest absolute Gasteiger partial charge is 0.479 e. The molecule has 0 saturated heterocycles. The zero-order valence-corrected chi connectivity index (χ0v) is 6.99. The Morgan fingerprint density at radius 2 is 1.71 bits per heavy atom. The van der Waals surface area contributed by atoms with Crippen LogP contribution in [0.1, 0.15) is 6.42 Å². The minimum atomic E-state index is -2.77. The average Bonchev–Trinajstić information content (AvgIpc) is 2.01. The minimum Gasteiger partial charge on any atom is -0.479 e. The summed E-state index contributed by atoms with van der Waals surface area (Å²) in [7, 11) is 0. The zero-order chi connectivity index (χ0) is 11.5. The molecule has 7 N–H and O–H groups in total. The number of nitrogens with two attached hydrogens (primary N) is 1. The summed E-state index contributed by atoms with van der Waals surface area (Å²) >= 11 is 0. The second kappa shape index (κ2) is 4.33. The maximum Gasteiger partial charge on any atom is 0.351 e. The molecule has 0 aliphatic rings. The first-order chi connectivity index (χ1) is 6.18. The van der Waals surface area contributed by atoms with Crippen LogP contribution in [0.2, 0.25) is 0 Å². The number of aliphatic carboxylic acids is 2. The Morgan fingerprint density at radius 3 is 2.00 bits per heavy atom. The summed E-state index contributed by atoms with van der Waals surface area (Å²) in [6, 6.07) is 0. The van der Waals surface area contributed by atoms with Crippen molar-refractivity contribution in [3.63, 3.8) is 0 Å². The van der Waals surface area contributed by atoms with E-state index in [4.69, 9.17) is 31.3 Å². The van der Waals surface area contributed by atoms with E-state index in [1.54, 1.807) is 0 Å². The molecule has 82 valence electrons. The summed E-state index contributed by atoms with van der Waals surface area (Å²) in [5.74, 6) is -3.56. The molecule has 0 aromatic carbocycles. The molecule has 0 aliphatic carbocycles. The van der Waals surface area contributed by atoms with E-state index in [1.807, 2.05) is 0 Å². The Hall–Kier alpha value is -1.22. The van der Waals surface area contributed by atoms with Crippen LogP contribution in [0.25, 0.3) is 0 Å². The van der Waals surface area contributed by atoms with E-state index in [2.05, 4.69) is 0 Å². The van der Waals surface area contributed by atoms with Gasteiger partial charge < -0.3 is 25.5 Å².